The average Bonchev–Trinajstić information content (AvgIpc) is 2.60. The number of hydrogen-bond acceptors (Lipinski definition) is 4. The average molecular weight is 354 g/mol. The molecule has 0 aromatic heterocycles. The van der Waals surface area contributed by atoms with Gasteiger partial charge in [-0.25, -0.2) is 0 Å². The minimum Gasteiger partial charge on any atom is -0.497 e. The molecule has 0 aliphatic heterocycles. The van der Waals surface area contributed by atoms with Crippen LogP contribution in [0.5, 0.6) is 5.75 Å². The Hall–Kier alpha value is -2.10. The summed E-state index contributed by atoms with van der Waals surface area (Å²) in [4.78, 5) is 25.0. The number of carbonyl (C=O) groups is 2. The predicted molar refractivity (Wildman–Crippen MR) is 98.9 cm³/mol. The number of esters is 1. The number of carbonyl (C=O) groups excluding carboxylic acids is 2. The van der Waals surface area contributed by atoms with Crippen molar-refractivity contribution in [3.8, 4) is 5.75 Å². The molecule has 4 heteroatoms. The summed E-state index contributed by atoms with van der Waals surface area (Å²) in [6.07, 6.45) is 4.02. The van der Waals surface area contributed by atoms with E-state index in [1.807, 2.05) is 13.0 Å². The van der Waals surface area contributed by atoms with Crippen molar-refractivity contribution in [2.45, 2.75) is 58.5 Å². The Morgan fingerprint density at radius 2 is 1.96 bits per heavy atom. The van der Waals surface area contributed by atoms with Gasteiger partial charge < -0.3 is 9.47 Å². The van der Waals surface area contributed by atoms with E-state index in [9.17, 15) is 9.59 Å². The van der Waals surface area contributed by atoms with E-state index in [2.05, 4.69) is 19.1 Å². The second kappa shape index (κ2) is 5.70. The second-order valence-electron chi connectivity index (χ2n) is 8.34. The molecule has 4 rings (SSSR count). The van der Waals surface area contributed by atoms with E-state index in [-0.39, 0.29) is 17.7 Å². The number of aryl methyl sites for hydroxylation is 1. The van der Waals surface area contributed by atoms with E-state index in [4.69, 9.17) is 9.47 Å². The van der Waals surface area contributed by atoms with Crippen LogP contribution in [0.25, 0.3) is 5.57 Å². The number of hydrogen-bond donors (Lipinski definition) is 0. The van der Waals surface area contributed by atoms with Gasteiger partial charge in [-0.3, -0.25) is 9.59 Å². The summed E-state index contributed by atoms with van der Waals surface area (Å²) in [5.41, 5.74) is 4.00. The summed E-state index contributed by atoms with van der Waals surface area (Å²) in [6.45, 7) is 5.46. The maximum absolute atomic E-state index is 13.3. The first kappa shape index (κ1) is 17.3. The summed E-state index contributed by atoms with van der Waals surface area (Å²) >= 11 is 0. The number of benzene rings is 1. The van der Waals surface area contributed by atoms with Crippen LogP contribution in [0.3, 0.4) is 0 Å². The van der Waals surface area contributed by atoms with Crippen LogP contribution in [0, 0.1) is 11.3 Å². The van der Waals surface area contributed by atoms with Gasteiger partial charge in [0.05, 0.1) is 13.0 Å². The third kappa shape index (κ3) is 2.34. The van der Waals surface area contributed by atoms with Crippen molar-refractivity contribution >= 4 is 17.3 Å². The molecule has 0 heterocycles. The molecule has 3 atom stereocenters. The van der Waals surface area contributed by atoms with Crippen LogP contribution in [0.1, 0.15) is 57.6 Å². The zero-order valence-electron chi connectivity index (χ0n) is 16.0. The molecule has 0 saturated heterocycles. The molecule has 26 heavy (non-hydrogen) atoms. The standard InChI is InChI=1S/C22H26O4/c1-13(23)26-22(3)10-9-21(2)18-8-5-14-11-15(25-4)6-7-16(14)17(18)12-19(22)20(21)24/h6-7,11,19H,5,8-10,12H2,1-4H3/t19-,21+,22-/m1/s1. The quantitative estimate of drug-likeness (QED) is 0.750. The minimum absolute atomic E-state index is 0.253. The molecule has 138 valence electrons. The van der Waals surface area contributed by atoms with Crippen LogP contribution in [0.4, 0.5) is 0 Å². The molecule has 2 bridgehead atoms. The largest absolute Gasteiger partial charge is 0.497 e. The summed E-state index contributed by atoms with van der Waals surface area (Å²) in [5.74, 6) is 0.550. The predicted octanol–water partition coefficient (Wildman–Crippen LogP) is 4.11. The Labute approximate surface area is 154 Å². The number of methoxy groups -OCH3 is 1. The molecule has 0 amide bonds. The Balaban J connectivity index is 1.82. The number of rotatable bonds is 2. The van der Waals surface area contributed by atoms with E-state index >= 15 is 0 Å². The second-order valence-corrected chi connectivity index (χ2v) is 8.34. The SMILES string of the molecule is COc1ccc2c(c1)CCC1=C2C[C@@H]2C(=O)[C@@]1(C)CC[C@@]2(C)OC(C)=O. The maximum Gasteiger partial charge on any atom is 0.303 e. The number of ketones is 1. The number of allylic oxidation sites excluding steroid dienone is 2. The summed E-state index contributed by atoms with van der Waals surface area (Å²) in [6, 6.07) is 6.23. The Morgan fingerprint density at radius 3 is 2.65 bits per heavy atom. The molecule has 0 unspecified atom stereocenters. The lowest BCUT2D eigenvalue weighted by Crippen LogP contribution is -2.56. The fourth-order valence-corrected chi connectivity index (χ4v) is 5.33. The third-order valence-corrected chi connectivity index (χ3v) is 6.82. The lowest BCUT2D eigenvalue weighted by molar-refractivity contribution is -0.173. The van der Waals surface area contributed by atoms with E-state index in [0.717, 1.165) is 31.4 Å². The Bertz CT molecular complexity index is 837. The molecular formula is C22H26O4. The molecule has 3 aliphatic carbocycles. The molecule has 0 radical (unpaired) electrons. The number of Topliss-reactive ketones (excluding diaryl/α,β-unsaturated/α-hetero) is 1. The van der Waals surface area contributed by atoms with Crippen molar-refractivity contribution in [2.24, 2.45) is 11.3 Å². The molecule has 1 aromatic rings. The van der Waals surface area contributed by atoms with Crippen LogP contribution in [-0.2, 0) is 20.7 Å². The fourth-order valence-electron chi connectivity index (χ4n) is 5.33. The van der Waals surface area contributed by atoms with Crippen molar-refractivity contribution in [2.75, 3.05) is 7.11 Å². The lowest BCUT2D eigenvalue weighted by atomic mass is 9.53. The zero-order valence-corrected chi connectivity index (χ0v) is 16.0. The first-order valence-corrected chi connectivity index (χ1v) is 9.42. The van der Waals surface area contributed by atoms with Gasteiger partial charge in [0.25, 0.3) is 0 Å². The van der Waals surface area contributed by atoms with Gasteiger partial charge in [-0.1, -0.05) is 11.6 Å². The van der Waals surface area contributed by atoms with Crippen LogP contribution in [-0.4, -0.2) is 24.5 Å². The topological polar surface area (TPSA) is 52.6 Å². The van der Waals surface area contributed by atoms with Crippen molar-refractivity contribution in [1.82, 2.24) is 0 Å². The van der Waals surface area contributed by atoms with Gasteiger partial charge in [-0.05, 0) is 74.8 Å². The summed E-state index contributed by atoms with van der Waals surface area (Å²) in [7, 11) is 1.69. The van der Waals surface area contributed by atoms with Gasteiger partial charge in [0.1, 0.15) is 17.1 Å². The van der Waals surface area contributed by atoms with E-state index in [1.165, 1.54) is 29.2 Å². The Kier molecular flexibility index (Phi) is 3.80. The van der Waals surface area contributed by atoms with Crippen LogP contribution in [0.2, 0.25) is 0 Å². The Morgan fingerprint density at radius 1 is 1.19 bits per heavy atom. The van der Waals surface area contributed by atoms with Crippen LogP contribution in [0.15, 0.2) is 23.8 Å². The summed E-state index contributed by atoms with van der Waals surface area (Å²) in [5, 5.41) is 0. The van der Waals surface area contributed by atoms with Crippen LogP contribution >= 0.6 is 0 Å². The number of fused-ring (bicyclic) bond motifs is 5. The molecule has 0 N–H and O–H groups in total. The van der Waals surface area contributed by atoms with Crippen molar-refractivity contribution in [3.63, 3.8) is 0 Å². The molecule has 0 spiro atoms. The van der Waals surface area contributed by atoms with Gasteiger partial charge in [-0.2, -0.15) is 0 Å². The highest BCUT2D eigenvalue weighted by Crippen LogP contribution is 2.58. The maximum atomic E-state index is 13.3. The van der Waals surface area contributed by atoms with Crippen molar-refractivity contribution in [3.05, 3.63) is 34.9 Å². The molecule has 1 saturated carbocycles. The highest BCUT2D eigenvalue weighted by molar-refractivity contribution is 5.99. The molecule has 1 aromatic carbocycles. The van der Waals surface area contributed by atoms with E-state index in [1.54, 1.807) is 7.11 Å². The first-order valence-electron chi connectivity index (χ1n) is 9.42. The highest BCUT2D eigenvalue weighted by Gasteiger charge is 2.58. The van der Waals surface area contributed by atoms with Gasteiger partial charge in [0, 0.05) is 12.3 Å². The molecule has 4 nitrogen and oxygen atoms in total. The smallest absolute Gasteiger partial charge is 0.303 e. The third-order valence-electron chi connectivity index (χ3n) is 6.82. The molecule has 1 fully saturated rings. The minimum atomic E-state index is -0.703. The molecular weight excluding hydrogens is 328 g/mol. The lowest BCUT2D eigenvalue weighted by Gasteiger charge is -2.52. The van der Waals surface area contributed by atoms with Crippen molar-refractivity contribution in [1.29, 1.82) is 0 Å². The first-order chi connectivity index (χ1) is 12.3. The van der Waals surface area contributed by atoms with E-state index < -0.39 is 11.0 Å². The zero-order chi connectivity index (χ0) is 18.7. The monoisotopic (exact) mass is 354 g/mol. The van der Waals surface area contributed by atoms with Crippen molar-refractivity contribution < 1.29 is 19.1 Å². The van der Waals surface area contributed by atoms with Crippen LogP contribution < -0.4 is 4.74 Å². The van der Waals surface area contributed by atoms with Gasteiger partial charge in [0.2, 0.25) is 0 Å². The molecule has 3 aliphatic rings. The summed E-state index contributed by atoms with van der Waals surface area (Å²) < 4.78 is 11.1. The normalized spacial score (nSPS) is 32.6. The van der Waals surface area contributed by atoms with Gasteiger partial charge in [-0.15, -0.1) is 0 Å². The van der Waals surface area contributed by atoms with Gasteiger partial charge >= 0.3 is 5.97 Å². The number of ether oxygens (including phenoxy) is 2. The van der Waals surface area contributed by atoms with E-state index in [0.29, 0.717) is 6.42 Å². The fraction of sp³-hybridized carbons (Fsp3) is 0.545. The highest BCUT2D eigenvalue weighted by atomic mass is 16.6. The van der Waals surface area contributed by atoms with Gasteiger partial charge in [0.15, 0.2) is 0 Å².